The minimum absolute atomic E-state index is 0.122. The molecular formula is C23H21N3O3S. The molecule has 1 amide bonds. The summed E-state index contributed by atoms with van der Waals surface area (Å²) in [4.78, 5) is 14.9. The Hall–Kier alpha value is -3.58. The van der Waals surface area contributed by atoms with Gasteiger partial charge in [0.15, 0.2) is 0 Å². The number of carbonyl (C=O) groups is 1. The van der Waals surface area contributed by atoms with Gasteiger partial charge in [-0.3, -0.25) is 9.52 Å². The van der Waals surface area contributed by atoms with Crippen LogP contribution < -0.4 is 10.0 Å². The van der Waals surface area contributed by atoms with Gasteiger partial charge < -0.3 is 10.3 Å². The van der Waals surface area contributed by atoms with Crippen LogP contribution in [-0.4, -0.2) is 19.3 Å². The summed E-state index contributed by atoms with van der Waals surface area (Å²) in [5.74, 6) is -0.126. The van der Waals surface area contributed by atoms with Crippen LogP contribution in [0.1, 0.15) is 13.3 Å². The molecule has 0 aliphatic rings. The molecule has 4 aromatic rings. The van der Waals surface area contributed by atoms with Crippen molar-refractivity contribution in [2.45, 2.75) is 18.2 Å². The highest BCUT2D eigenvalue weighted by Gasteiger charge is 2.14. The van der Waals surface area contributed by atoms with Gasteiger partial charge in [-0.05, 0) is 54.1 Å². The number of anilines is 2. The Bertz CT molecular complexity index is 1260. The lowest BCUT2D eigenvalue weighted by Crippen LogP contribution is -2.13. The molecular weight excluding hydrogens is 398 g/mol. The first-order valence-corrected chi connectivity index (χ1v) is 11.0. The second kappa shape index (κ2) is 8.04. The van der Waals surface area contributed by atoms with E-state index in [-0.39, 0.29) is 10.8 Å². The second-order valence-corrected chi connectivity index (χ2v) is 8.56. The molecule has 0 fully saturated rings. The van der Waals surface area contributed by atoms with Crippen LogP contribution in [0.2, 0.25) is 0 Å². The van der Waals surface area contributed by atoms with Crippen molar-refractivity contribution in [3.63, 3.8) is 0 Å². The topological polar surface area (TPSA) is 91.1 Å². The zero-order valence-electron chi connectivity index (χ0n) is 16.3. The minimum Gasteiger partial charge on any atom is -0.355 e. The van der Waals surface area contributed by atoms with Crippen molar-refractivity contribution < 1.29 is 13.2 Å². The largest absolute Gasteiger partial charge is 0.355 e. The van der Waals surface area contributed by atoms with Crippen LogP contribution in [0.15, 0.2) is 83.8 Å². The summed E-state index contributed by atoms with van der Waals surface area (Å²) >= 11 is 0. The first-order chi connectivity index (χ1) is 14.4. The number of fused-ring (bicyclic) bond motifs is 1. The molecule has 0 saturated carbocycles. The van der Waals surface area contributed by atoms with E-state index in [1.807, 2.05) is 36.4 Å². The Labute approximate surface area is 175 Å². The molecule has 6 nitrogen and oxygen atoms in total. The third kappa shape index (κ3) is 4.21. The van der Waals surface area contributed by atoms with E-state index in [9.17, 15) is 13.2 Å². The fourth-order valence-electron chi connectivity index (χ4n) is 3.13. The first-order valence-electron chi connectivity index (χ1n) is 9.55. The van der Waals surface area contributed by atoms with Gasteiger partial charge in [-0.15, -0.1) is 0 Å². The Morgan fingerprint density at radius 2 is 1.57 bits per heavy atom. The molecule has 30 heavy (non-hydrogen) atoms. The molecule has 3 N–H and O–H groups in total. The fourth-order valence-corrected chi connectivity index (χ4v) is 4.19. The molecule has 0 saturated heterocycles. The summed E-state index contributed by atoms with van der Waals surface area (Å²) in [6.07, 6.45) is 0.357. The molecule has 0 aliphatic carbocycles. The van der Waals surface area contributed by atoms with Crippen molar-refractivity contribution in [2.24, 2.45) is 0 Å². The van der Waals surface area contributed by atoms with Crippen LogP contribution in [0.3, 0.4) is 0 Å². The first kappa shape index (κ1) is 19.7. The highest BCUT2D eigenvalue weighted by molar-refractivity contribution is 7.92. The SMILES string of the molecule is CCC(=O)Nc1ccc(S(=O)(=O)Nc2ccc(-c3cc4ccccc4[nH]3)cc2)cc1. The Morgan fingerprint density at radius 3 is 2.23 bits per heavy atom. The van der Waals surface area contributed by atoms with Gasteiger partial charge in [0.2, 0.25) is 5.91 Å². The second-order valence-electron chi connectivity index (χ2n) is 6.88. The lowest BCUT2D eigenvalue weighted by molar-refractivity contribution is -0.115. The quantitative estimate of drug-likeness (QED) is 0.411. The van der Waals surface area contributed by atoms with Crippen molar-refractivity contribution in [3.8, 4) is 11.3 Å². The van der Waals surface area contributed by atoms with E-state index in [0.717, 1.165) is 22.2 Å². The van der Waals surface area contributed by atoms with Gasteiger partial charge in [-0.1, -0.05) is 37.3 Å². The Balaban J connectivity index is 1.50. The van der Waals surface area contributed by atoms with Crippen LogP contribution in [0.25, 0.3) is 22.2 Å². The molecule has 0 radical (unpaired) electrons. The highest BCUT2D eigenvalue weighted by Crippen LogP contribution is 2.26. The Morgan fingerprint density at radius 1 is 0.900 bits per heavy atom. The molecule has 1 aromatic heterocycles. The number of rotatable bonds is 6. The van der Waals surface area contributed by atoms with Gasteiger partial charge in [-0.25, -0.2) is 8.42 Å². The number of sulfonamides is 1. The number of hydrogen-bond donors (Lipinski definition) is 3. The summed E-state index contributed by atoms with van der Waals surface area (Å²) in [5, 5.41) is 3.82. The lowest BCUT2D eigenvalue weighted by Gasteiger charge is -2.10. The van der Waals surface area contributed by atoms with Gasteiger partial charge >= 0.3 is 0 Å². The van der Waals surface area contributed by atoms with Crippen molar-refractivity contribution >= 4 is 38.2 Å². The predicted molar refractivity (Wildman–Crippen MR) is 120 cm³/mol. The van der Waals surface area contributed by atoms with Crippen LogP contribution in [-0.2, 0) is 14.8 Å². The maximum absolute atomic E-state index is 12.7. The Kier molecular flexibility index (Phi) is 5.29. The number of aromatic amines is 1. The van der Waals surface area contributed by atoms with Gasteiger partial charge in [-0.2, -0.15) is 0 Å². The van der Waals surface area contributed by atoms with E-state index in [1.54, 1.807) is 31.2 Å². The zero-order chi connectivity index (χ0) is 21.1. The van der Waals surface area contributed by atoms with Gasteiger partial charge in [0.1, 0.15) is 0 Å². The van der Waals surface area contributed by atoms with E-state index < -0.39 is 10.0 Å². The van der Waals surface area contributed by atoms with Crippen LogP contribution in [0.4, 0.5) is 11.4 Å². The number of aromatic nitrogens is 1. The number of hydrogen-bond acceptors (Lipinski definition) is 3. The van der Waals surface area contributed by atoms with E-state index in [2.05, 4.69) is 21.1 Å². The molecule has 3 aromatic carbocycles. The number of H-pyrrole nitrogens is 1. The van der Waals surface area contributed by atoms with Crippen molar-refractivity contribution in [1.29, 1.82) is 0 Å². The average molecular weight is 420 g/mol. The molecule has 0 bridgehead atoms. The normalized spacial score (nSPS) is 11.4. The third-order valence-corrected chi connectivity index (χ3v) is 6.14. The van der Waals surface area contributed by atoms with Crippen LogP contribution in [0, 0.1) is 0 Å². The summed E-state index contributed by atoms with van der Waals surface area (Å²) < 4.78 is 27.9. The highest BCUT2D eigenvalue weighted by atomic mass is 32.2. The minimum atomic E-state index is -3.73. The van der Waals surface area contributed by atoms with Crippen molar-refractivity contribution in [3.05, 3.63) is 78.9 Å². The lowest BCUT2D eigenvalue weighted by atomic mass is 10.1. The van der Waals surface area contributed by atoms with Crippen LogP contribution in [0.5, 0.6) is 0 Å². The van der Waals surface area contributed by atoms with E-state index >= 15 is 0 Å². The number of para-hydroxylation sites is 1. The molecule has 0 atom stereocenters. The van der Waals surface area contributed by atoms with E-state index in [4.69, 9.17) is 0 Å². The van der Waals surface area contributed by atoms with Gasteiger partial charge in [0.25, 0.3) is 10.0 Å². The molecule has 0 aliphatic heterocycles. The smallest absolute Gasteiger partial charge is 0.261 e. The molecule has 152 valence electrons. The fraction of sp³-hybridized carbons (Fsp3) is 0.0870. The summed E-state index contributed by atoms with van der Waals surface area (Å²) in [7, 11) is -3.73. The number of amides is 1. The standard InChI is InChI=1S/C23H21N3O3S/c1-2-23(27)24-18-11-13-20(14-12-18)30(28,29)26-19-9-7-16(8-10-19)22-15-17-5-3-4-6-21(17)25-22/h3-15,25-26H,2H2,1H3,(H,24,27). The summed E-state index contributed by atoms with van der Waals surface area (Å²) in [6.45, 7) is 1.75. The van der Waals surface area contributed by atoms with Crippen molar-refractivity contribution in [1.82, 2.24) is 4.98 Å². The van der Waals surface area contributed by atoms with Gasteiger partial charge in [0.05, 0.1) is 4.90 Å². The van der Waals surface area contributed by atoms with Crippen molar-refractivity contribution in [2.75, 3.05) is 10.0 Å². The third-order valence-electron chi connectivity index (χ3n) is 4.75. The molecule has 0 unspecified atom stereocenters. The molecule has 4 rings (SSSR count). The zero-order valence-corrected chi connectivity index (χ0v) is 17.2. The maximum Gasteiger partial charge on any atom is 0.261 e. The van der Waals surface area contributed by atoms with E-state index in [1.165, 1.54) is 12.1 Å². The number of benzene rings is 3. The maximum atomic E-state index is 12.7. The predicted octanol–water partition coefficient (Wildman–Crippen LogP) is 4.98. The number of carbonyl (C=O) groups excluding carboxylic acids is 1. The molecule has 7 heteroatoms. The average Bonchev–Trinajstić information content (AvgIpc) is 3.18. The molecule has 1 heterocycles. The summed E-state index contributed by atoms with van der Waals surface area (Å²) in [6, 6.07) is 23.3. The van der Waals surface area contributed by atoms with Crippen LogP contribution >= 0.6 is 0 Å². The monoisotopic (exact) mass is 419 g/mol. The van der Waals surface area contributed by atoms with Gasteiger partial charge in [0, 0.05) is 34.4 Å². The van der Waals surface area contributed by atoms with E-state index in [0.29, 0.717) is 17.8 Å². The molecule has 0 spiro atoms. The number of nitrogens with one attached hydrogen (secondary N) is 3. The summed E-state index contributed by atoms with van der Waals surface area (Å²) in [5.41, 5.74) is 4.01.